The molecule has 0 saturated heterocycles. The van der Waals surface area contributed by atoms with Crippen LogP contribution < -0.4 is 0 Å². The van der Waals surface area contributed by atoms with Gasteiger partial charge in [-0.05, 0) is 46.5 Å². The zero-order chi connectivity index (χ0) is 23.8. The Balaban J connectivity index is -0.000000372. The van der Waals surface area contributed by atoms with Crippen molar-refractivity contribution >= 4 is 0 Å². The summed E-state index contributed by atoms with van der Waals surface area (Å²) in [7, 11) is 0. The fourth-order valence-electron chi connectivity index (χ4n) is 2.76. The van der Waals surface area contributed by atoms with Gasteiger partial charge in [0, 0.05) is 31.7 Å². The lowest BCUT2D eigenvalue weighted by atomic mass is 9.93. The van der Waals surface area contributed by atoms with Crippen LogP contribution in [0.2, 0.25) is 0 Å². The fourth-order valence-corrected chi connectivity index (χ4v) is 2.76. The van der Waals surface area contributed by atoms with Crippen LogP contribution in [0.5, 0.6) is 0 Å². The van der Waals surface area contributed by atoms with Crippen molar-refractivity contribution in [2.45, 2.75) is 106 Å². The summed E-state index contributed by atoms with van der Waals surface area (Å²) in [6, 6.07) is 0. The zero-order valence-corrected chi connectivity index (χ0v) is 21.2. The molecule has 0 bridgehead atoms. The molecule has 0 heterocycles. The summed E-state index contributed by atoms with van der Waals surface area (Å²) in [5.74, 6) is 0.525. The van der Waals surface area contributed by atoms with E-state index < -0.39 is 0 Å². The van der Waals surface area contributed by atoms with Crippen LogP contribution in [0.15, 0.2) is 36.0 Å². The van der Waals surface area contributed by atoms with Crippen molar-refractivity contribution in [2.24, 2.45) is 11.8 Å². The first-order chi connectivity index (χ1) is 14.2. The highest BCUT2D eigenvalue weighted by Crippen LogP contribution is 2.18. The van der Waals surface area contributed by atoms with Gasteiger partial charge in [-0.3, -0.25) is 0 Å². The molecule has 0 aliphatic heterocycles. The van der Waals surface area contributed by atoms with Crippen LogP contribution in [0.3, 0.4) is 0 Å². The van der Waals surface area contributed by atoms with Crippen molar-refractivity contribution in [1.29, 1.82) is 0 Å². The fraction of sp³-hybridized carbons (Fsp3) is 0.778. The molecule has 0 aromatic carbocycles. The van der Waals surface area contributed by atoms with E-state index in [2.05, 4.69) is 53.9 Å². The lowest BCUT2D eigenvalue weighted by Gasteiger charge is -2.15. The van der Waals surface area contributed by atoms with Gasteiger partial charge in [-0.1, -0.05) is 95.2 Å². The quantitative estimate of drug-likeness (QED) is 0.191. The van der Waals surface area contributed by atoms with Crippen LogP contribution in [0, 0.1) is 11.8 Å². The number of aliphatic hydroxyl groups is 3. The molecular weight excluding hydrogens is 372 g/mol. The molecule has 3 heteroatoms. The zero-order valence-electron chi connectivity index (χ0n) is 21.2. The lowest BCUT2D eigenvalue weighted by molar-refractivity contribution is 0.227. The Morgan fingerprint density at radius 2 is 1.23 bits per heavy atom. The molecule has 0 spiro atoms. The highest BCUT2D eigenvalue weighted by Gasteiger charge is 2.09. The molecule has 0 saturated carbocycles. The van der Waals surface area contributed by atoms with E-state index in [0.717, 1.165) is 36.8 Å². The number of aliphatic hydroxyl groups excluding tert-OH is 3. The van der Waals surface area contributed by atoms with Gasteiger partial charge in [0.1, 0.15) is 0 Å². The van der Waals surface area contributed by atoms with Crippen molar-refractivity contribution in [3.05, 3.63) is 36.0 Å². The van der Waals surface area contributed by atoms with Crippen molar-refractivity contribution in [3.63, 3.8) is 0 Å². The van der Waals surface area contributed by atoms with Crippen LogP contribution in [0.25, 0.3) is 0 Å². The first kappa shape index (κ1) is 33.7. The third kappa shape index (κ3) is 25.1. The summed E-state index contributed by atoms with van der Waals surface area (Å²) in [6.07, 6.45) is 13.6. The Labute approximate surface area is 189 Å². The van der Waals surface area contributed by atoms with Gasteiger partial charge in [0.25, 0.3) is 0 Å². The van der Waals surface area contributed by atoms with Crippen molar-refractivity contribution in [3.8, 4) is 0 Å². The van der Waals surface area contributed by atoms with E-state index in [1.807, 2.05) is 6.92 Å². The van der Waals surface area contributed by atoms with Crippen molar-refractivity contribution in [1.82, 2.24) is 0 Å². The van der Waals surface area contributed by atoms with E-state index in [-0.39, 0.29) is 25.7 Å². The van der Waals surface area contributed by atoms with Gasteiger partial charge in [0.2, 0.25) is 0 Å². The Hall–Kier alpha value is -0.900. The molecule has 0 fully saturated rings. The second-order valence-corrected chi connectivity index (χ2v) is 8.45. The molecule has 2 unspecified atom stereocenters. The SMILES string of the molecule is C=C(C)C(CO)CCCC.C=C(CCO)C(CO)CCCC.CCCCC=C(C)C. The Bertz CT molecular complexity index is 408. The second kappa shape index (κ2) is 26.1. The van der Waals surface area contributed by atoms with Crippen LogP contribution >= 0.6 is 0 Å². The average molecular weight is 427 g/mol. The van der Waals surface area contributed by atoms with Gasteiger partial charge in [0.15, 0.2) is 0 Å². The monoisotopic (exact) mass is 426 g/mol. The molecule has 3 nitrogen and oxygen atoms in total. The van der Waals surface area contributed by atoms with E-state index in [0.29, 0.717) is 12.3 Å². The minimum Gasteiger partial charge on any atom is -0.396 e. The van der Waals surface area contributed by atoms with Crippen molar-refractivity contribution < 1.29 is 15.3 Å². The molecule has 0 aliphatic rings. The highest BCUT2D eigenvalue weighted by atomic mass is 16.3. The maximum Gasteiger partial charge on any atom is 0.0496 e. The smallest absolute Gasteiger partial charge is 0.0496 e. The van der Waals surface area contributed by atoms with E-state index >= 15 is 0 Å². The second-order valence-electron chi connectivity index (χ2n) is 8.45. The predicted octanol–water partition coefficient (Wildman–Crippen LogP) is 7.23. The Morgan fingerprint density at radius 1 is 0.767 bits per heavy atom. The summed E-state index contributed by atoms with van der Waals surface area (Å²) < 4.78 is 0. The van der Waals surface area contributed by atoms with E-state index in [4.69, 9.17) is 15.3 Å². The first-order valence-corrected chi connectivity index (χ1v) is 12.0. The van der Waals surface area contributed by atoms with Crippen LogP contribution in [-0.2, 0) is 0 Å². The summed E-state index contributed by atoms with van der Waals surface area (Å²) in [4.78, 5) is 0. The molecule has 30 heavy (non-hydrogen) atoms. The van der Waals surface area contributed by atoms with E-state index in [1.165, 1.54) is 37.7 Å². The molecule has 0 radical (unpaired) electrons. The molecule has 0 aromatic rings. The number of rotatable bonds is 15. The third-order valence-electron chi connectivity index (χ3n) is 5.07. The third-order valence-corrected chi connectivity index (χ3v) is 5.07. The van der Waals surface area contributed by atoms with Crippen LogP contribution in [0.1, 0.15) is 106 Å². The molecule has 2 atom stereocenters. The van der Waals surface area contributed by atoms with Crippen LogP contribution in [0.4, 0.5) is 0 Å². The van der Waals surface area contributed by atoms with Crippen LogP contribution in [-0.4, -0.2) is 35.1 Å². The highest BCUT2D eigenvalue weighted by molar-refractivity contribution is 5.00. The molecule has 0 amide bonds. The summed E-state index contributed by atoms with van der Waals surface area (Å²) >= 11 is 0. The predicted molar refractivity (Wildman–Crippen MR) is 135 cm³/mol. The largest absolute Gasteiger partial charge is 0.396 e. The Kier molecular flexibility index (Phi) is 29.4. The molecule has 0 aliphatic carbocycles. The maximum atomic E-state index is 9.01. The molecular formula is C27H54O3. The number of hydrogen-bond donors (Lipinski definition) is 3. The van der Waals surface area contributed by atoms with E-state index in [9.17, 15) is 0 Å². The summed E-state index contributed by atoms with van der Waals surface area (Å²) in [5.41, 5.74) is 3.53. The standard InChI is InChI=1S/C10H20O2.C9H18O.C8H16/c1-3-4-5-10(8-12)9(2)6-7-11;1-4-5-6-9(7-10)8(2)3;1-4-5-6-7-8(2)3/h10-12H,2-8H2,1H3;9-10H,2,4-7H2,1,3H3;7H,4-6H2,1-3H3. The van der Waals surface area contributed by atoms with Gasteiger partial charge in [-0.25, -0.2) is 0 Å². The Morgan fingerprint density at radius 3 is 1.57 bits per heavy atom. The van der Waals surface area contributed by atoms with E-state index in [1.54, 1.807) is 0 Å². The minimum absolute atomic E-state index is 0.140. The van der Waals surface area contributed by atoms with Gasteiger partial charge in [-0.2, -0.15) is 0 Å². The maximum absolute atomic E-state index is 9.01. The number of hydrogen-bond acceptors (Lipinski definition) is 3. The summed E-state index contributed by atoms with van der Waals surface area (Å²) in [6.45, 7) is 21.0. The van der Waals surface area contributed by atoms with Gasteiger partial charge in [0.05, 0.1) is 0 Å². The lowest BCUT2D eigenvalue weighted by Crippen LogP contribution is -2.09. The molecule has 180 valence electrons. The first-order valence-electron chi connectivity index (χ1n) is 12.0. The molecule has 0 rings (SSSR count). The number of allylic oxidation sites excluding steroid dienone is 2. The molecule has 0 aromatic heterocycles. The average Bonchev–Trinajstić information content (AvgIpc) is 2.70. The van der Waals surface area contributed by atoms with Gasteiger partial charge in [-0.15, -0.1) is 0 Å². The topological polar surface area (TPSA) is 60.7 Å². The van der Waals surface area contributed by atoms with Gasteiger partial charge >= 0.3 is 0 Å². The summed E-state index contributed by atoms with van der Waals surface area (Å²) in [5, 5.41) is 26.5. The number of unbranched alkanes of at least 4 members (excludes halogenated alkanes) is 4. The minimum atomic E-state index is 0.140. The van der Waals surface area contributed by atoms with Crippen molar-refractivity contribution in [2.75, 3.05) is 19.8 Å². The molecule has 3 N–H and O–H groups in total. The normalized spacial score (nSPS) is 11.9. The van der Waals surface area contributed by atoms with Gasteiger partial charge < -0.3 is 15.3 Å².